The number of aliphatic imine (C=N–C) groups is 1. The number of nitrogens with one attached hydrogen (secondary N) is 3. The van der Waals surface area contributed by atoms with Gasteiger partial charge in [0, 0.05) is 6.54 Å². The van der Waals surface area contributed by atoms with Gasteiger partial charge in [-0.2, -0.15) is 0 Å². The maximum atomic E-state index is 12.9. The number of rotatable bonds is 18. The molecule has 0 fully saturated rings. The standard InChI is InChI=1S/C19H37N9O7/c20-6-2-1-5-11(26-15(31)10(21)4-3-7-25-19(23)24)16(32)27-12(8-14(22)30)17(33)28-13(9-29)18(34)35/h10-13,29H,1-9,20-21H2,(H2,22,30)(H,26,31)(H,27,32)(H,28,33)(H,34,35)(H4,23,24,25). The molecule has 0 aromatic heterocycles. The Labute approximate surface area is 202 Å². The van der Waals surface area contributed by atoms with Crippen molar-refractivity contribution in [2.45, 2.75) is 62.7 Å². The lowest BCUT2D eigenvalue weighted by Gasteiger charge is -2.24. The van der Waals surface area contributed by atoms with E-state index in [1.54, 1.807) is 0 Å². The molecular weight excluding hydrogens is 466 g/mol. The second-order valence-electron chi connectivity index (χ2n) is 7.71. The third-order valence-corrected chi connectivity index (χ3v) is 4.72. The molecule has 200 valence electrons. The molecule has 16 nitrogen and oxygen atoms in total. The molecule has 0 aliphatic carbocycles. The van der Waals surface area contributed by atoms with Crippen LogP contribution in [0.2, 0.25) is 0 Å². The molecule has 35 heavy (non-hydrogen) atoms. The molecule has 0 radical (unpaired) electrons. The molecule has 0 aromatic rings. The van der Waals surface area contributed by atoms with Crippen molar-refractivity contribution < 1.29 is 34.2 Å². The lowest BCUT2D eigenvalue weighted by Crippen LogP contribution is -2.58. The fourth-order valence-electron chi connectivity index (χ4n) is 2.83. The van der Waals surface area contributed by atoms with Crippen LogP contribution in [0, 0.1) is 0 Å². The lowest BCUT2D eigenvalue weighted by molar-refractivity contribution is -0.143. The van der Waals surface area contributed by atoms with Gasteiger partial charge in [-0.1, -0.05) is 0 Å². The fraction of sp³-hybridized carbons (Fsp3) is 0.684. The highest BCUT2D eigenvalue weighted by atomic mass is 16.4. The molecule has 0 bridgehead atoms. The predicted molar refractivity (Wildman–Crippen MR) is 125 cm³/mol. The SMILES string of the molecule is NCCCCC(NC(=O)C(N)CCCN=C(N)N)C(=O)NC(CC(N)=O)C(=O)NC(CO)C(=O)O. The van der Waals surface area contributed by atoms with Crippen LogP contribution in [0.3, 0.4) is 0 Å². The van der Waals surface area contributed by atoms with Crippen LogP contribution < -0.4 is 44.6 Å². The molecule has 16 heteroatoms. The summed E-state index contributed by atoms with van der Waals surface area (Å²) in [5, 5.41) is 24.9. The topological polar surface area (TPSA) is 304 Å². The Morgan fingerprint density at radius 3 is 1.89 bits per heavy atom. The minimum absolute atomic E-state index is 0.0946. The highest BCUT2D eigenvalue weighted by Crippen LogP contribution is 2.05. The molecule has 4 atom stereocenters. The van der Waals surface area contributed by atoms with Gasteiger partial charge in [0.2, 0.25) is 23.6 Å². The Balaban J connectivity index is 5.35. The molecule has 0 aliphatic rings. The molecule has 0 saturated heterocycles. The van der Waals surface area contributed by atoms with Gasteiger partial charge < -0.3 is 54.8 Å². The minimum atomic E-state index is -1.66. The van der Waals surface area contributed by atoms with Crippen LogP contribution in [0.1, 0.15) is 38.5 Å². The van der Waals surface area contributed by atoms with Gasteiger partial charge in [0.25, 0.3) is 0 Å². The summed E-state index contributed by atoms with van der Waals surface area (Å²) in [5.41, 5.74) is 27.0. The van der Waals surface area contributed by atoms with E-state index in [2.05, 4.69) is 15.6 Å². The van der Waals surface area contributed by atoms with Gasteiger partial charge in [0.1, 0.15) is 18.1 Å². The number of guanidine groups is 1. The van der Waals surface area contributed by atoms with E-state index in [9.17, 15) is 24.0 Å². The number of carbonyl (C=O) groups excluding carboxylic acids is 4. The van der Waals surface area contributed by atoms with Gasteiger partial charge in [-0.05, 0) is 38.6 Å². The Kier molecular flexibility index (Phi) is 15.3. The number of carboxylic acids is 1. The van der Waals surface area contributed by atoms with Gasteiger partial charge in [0.05, 0.1) is 19.1 Å². The summed E-state index contributed by atoms with van der Waals surface area (Å²) in [5.74, 6) is -5.08. The highest BCUT2D eigenvalue weighted by Gasteiger charge is 2.30. The largest absolute Gasteiger partial charge is 0.480 e. The number of primary amides is 1. The third-order valence-electron chi connectivity index (χ3n) is 4.72. The van der Waals surface area contributed by atoms with Crippen LogP contribution in [0.5, 0.6) is 0 Å². The number of aliphatic hydroxyl groups excluding tert-OH is 1. The first-order valence-electron chi connectivity index (χ1n) is 11.0. The van der Waals surface area contributed by atoms with E-state index in [4.69, 9.17) is 38.9 Å². The van der Waals surface area contributed by atoms with Crippen LogP contribution in [0.25, 0.3) is 0 Å². The Bertz CT molecular complexity index is 759. The second kappa shape index (κ2) is 17.0. The molecule has 4 unspecified atom stereocenters. The maximum Gasteiger partial charge on any atom is 0.328 e. The zero-order valence-electron chi connectivity index (χ0n) is 19.4. The number of hydrogen-bond donors (Lipinski definition) is 10. The number of nitrogens with two attached hydrogens (primary N) is 5. The van der Waals surface area contributed by atoms with E-state index in [1.165, 1.54) is 0 Å². The van der Waals surface area contributed by atoms with Crippen LogP contribution in [-0.2, 0) is 24.0 Å². The van der Waals surface area contributed by atoms with Crippen LogP contribution >= 0.6 is 0 Å². The Morgan fingerprint density at radius 1 is 0.800 bits per heavy atom. The number of nitrogens with zero attached hydrogens (tertiary/aromatic N) is 1. The summed E-state index contributed by atoms with van der Waals surface area (Å²) in [6.45, 7) is -0.312. The van der Waals surface area contributed by atoms with E-state index in [0.717, 1.165) is 0 Å². The predicted octanol–water partition coefficient (Wildman–Crippen LogP) is -5.10. The normalized spacial score (nSPS) is 14.0. The van der Waals surface area contributed by atoms with Crippen LogP contribution in [0.4, 0.5) is 0 Å². The molecule has 0 saturated carbocycles. The zero-order chi connectivity index (χ0) is 27.0. The van der Waals surface area contributed by atoms with Gasteiger partial charge in [-0.15, -0.1) is 0 Å². The molecule has 0 aromatic carbocycles. The smallest absolute Gasteiger partial charge is 0.328 e. The van der Waals surface area contributed by atoms with Gasteiger partial charge in [-0.25, -0.2) is 4.79 Å². The van der Waals surface area contributed by atoms with Crippen LogP contribution in [0.15, 0.2) is 4.99 Å². The third kappa shape index (κ3) is 13.7. The van der Waals surface area contributed by atoms with Crippen molar-refractivity contribution in [3.63, 3.8) is 0 Å². The van der Waals surface area contributed by atoms with Crippen molar-refractivity contribution in [2.24, 2.45) is 33.7 Å². The van der Waals surface area contributed by atoms with E-state index < -0.39 is 66.8 Å². The summed E-state index contributed by atoms with van der Waals surface area (Å²) in [4.78, 5) is 64.1. The Hall–Kier alpha value is -3.50. The Morgan fingerprint density at radius 2 is 1.37 bits per heavy atom. The number of aliphatic carboxylic acids is 1. The van der Waals surface area contributed by atoms with E-state index >= 15 is 0 Å². The zero-order valence-corrected chi connectivity index (χ0v) is 19.4. The molecular formula is C19H37N9O7. The van der Waals surface area contributed by atoms with Crippen molar-refractivity contribution in [3.05, 3.63) is 0 Å². The molecule has 0 aliphatic heterocycles. The first-order valence-corrected chi connectivity index (χ1v) is 11.0. The minimum Gasteiger partial charge on any atom is -0.480 e. The summed E-state index contributed by atoms with van der Waals surface area (Å²) in [7, 11) is 0. The summed E-state index contributed by atoms with van der Waals surface area (Å²) in [6.07, 6.45) is 1.13. The second-order valence-corrected chi connectivity index (χ2v) is 7.71. The average Bonchev–Trinajstić information content (AvgIpc) is 2.77. The van der Waals surface area contributed by atoms with E-state index in [0.29, 0.717) is 25.8 Å². The van der Waals surface area contributed by atoms with Gasteiger partial charge >= 0.3 is 5.97 Å². The van der Waals surface area contributed by atoms with Crippen molar-refractivity contribution in [1.29, 1.82) is 0 Å². The highest BCUT2D eigenvalue weighted by molar-refractivity contribution is 5.96. The molecule has 0 heterocycles. The van der Waals surface area contributed by atoms with Gasteiger partial charge in [0.15, 0.2) is 5.96 Å². The van der Waals surface area contributed by atoms with Crippen molar-refractivity contribution in [3.8, 4) is 0 Å². The average molecular weight is 504 g/mol. The summed E-state index contributed by atoms with van der Waals surface area (Å²) < 4.78 is 0. The first kappa shape index (κ1) is 31.5. The monoisotopic (exact) mass is 503 g/mol. The van der Waals surface area contributed by atoms with Crippen molar-refractivity contribution in [1.82, 2.24) is 16.0 Å². The van der Waals surface area contributed by atoms with Gasteiger partial charge in [-0.3, -0.25) is 24.2 Å². The molecule has 0 spiro atoms. The lowest BCUT2D eigenvalue weighted by atomic mass is 10.1. The summed E-state index contributed by atoms with van der Waals surface area (Å²) in [6, 6.07) is -5.31. The molecule has 4 amide bonds. The van der Waals surface area contributed by atoms with E-state index in [-0.39, 0.29) is 25.3 Å². The molecule has 15 N–H and O–H groups in total. The number of amides is 4. The number of hydrogen-bond acceptors (Lipinski definition) is 9. The fourth-order valence-corrected chi connectivity index (χ4v) is 2.83. The number of unbranched alkanes of at least 4 members (excludes halogenated alkanes) is 1. The number of aliphatic hydroxyl groups is 1. The van der Waals surface area contributed by atoms with Crippen molar-refractivity contribution in [2.75, 3.05) is 19.7 Å². The number of carbonyl (C=O) groups is 5. The number of carboxylic acid groups (broad SMARTS) is 1. The first-order chi connectivity index (χ1) is 16.4. The quantitative estimate of drug-likeness (QED) is 0.0479. The summed E-state index contributed by atoms with van der Waals surface area (Å²) >= 11 is 0. The molecule has 0 rings (SSSR count). The van der Waals surface area contributed by atoms with Crippen molar-refractivity contribution >= 4 is 35.6 Å². The van der Waals surface area contributed by atoms with Crippen LogP contribution in [-0.4, -0.2) is 89.6 Å². The maximum absolute atomic E-state index is 12.9. The van der Waals surface area contributed by atoms with E-state index in [1.807, 2.05) is 5.32 Å².